The SMILES string of the molecule is CCC(Br)c1ccc2oc3ccccc3c2c1. The van der Waals surface area contributed by atoms with Gasteiger partial charge in [-0.25, -0.2) is 0 Å². The van der Waals surface area contributed by atoms with Crippen molar-refractivity contribution in [1.29, 1.82) is 0 Å². The predicted octanol–water partition coefficient (Wildman–Crippen LogP) is 5.43. The molecule has 1 unspecified atom stereocenters. The van der Waals surface area contributed by atoms with Crippen LogP contribution in [0.1, 0.15) is 23.7 Å². The Bertz CT molecular complexity index is 669. The van der Waals surface area contributed by atoms with Crippen LogP contribution in [-0.2, 0) is 0 Å². The largest absolute Gasteiger partial charge is 0.456 e. The van der Waals surface area contributed by atoms with Crippen LogP contribution < -0.4 is 0 Å². The van der Waals surface area contributed by atoms with Crippen LogP contribution in [0.15, 0.2) is 46.9 Å². The number of rotatable bonds is 2. The molecule has 1 atom stereocenters. The fourth-order valence-electron chi connectivity index (χ4n) is 2.17. The Hall–Kier alpha value is -1.28. The second-order valence-electron chi connectivity index (χ2n) is 4.23. The van der Waals surface area contributed by atoms with E-state index in [0.717, 1.165) is 17.6 Å². The summed E-state index contributed by atoms with van der Waals surface area (Å²) in [5.74, 6) is 0. The van der Waals surface area contributed by atoms with Gasteiger partial charge < -0.3 is 4.42 Å². The Morgan fingerprint density at radius 1 is 1.06 bits per heavy atom. The summed E-state index contributed by atoms with van der Waals surface area (Å²) in [5, 5.41) is 2.40. The second kappa shape index (κ2) is 4.19. The Balaban J connectivity index is 2.30. The van der Waals surface area contributed by atoms with Crippen molar-refractivity contribution in [2.45, 2.75) is 18.2 Å². The molecule has 0 saturated heterocycles. The molecule has 0 bridgehead atoms. The molecule has 3 rings (SSSR count). The molecule has 0 spiro atoms. The quantitative estimate of drug-likeness (QED) is 0.573. The number of furan rings is 1. The zero-order valence-electron chi connectivity index (χ0n) is 9.61. The van der Waals surface area contributed by atoms with Crippen LogP contribution in [-0.4, -0.2) is 0 Å². The Labute approximate surface area is 109 Å². The first-order chi connectivity index (χ1) is 8.29. The standard InChI is InChI=1S/C15H13BrO/c1-2-13(16)10-7-8-15-12(9-10)11-5-3-4-6-14(11)17-15/h3-9,13H,2H2,1H3. The number of fused-ring (bicyclic) bond motifs is 3. The van der Waals surface area contributed by atoms with E-state index >= 15 is 0 Å². The van der Waals surface area contributed by atoms with Crippen LogP contribution >= 0.6 is 15.9 Å². The maximum Gasteiger partial charge on any atom is 0.135 e. The minimum atomic E-state index is 0.417. The second-order valence-corrected chi connectivity index (χ2v) is 5.33. The van der Waals surface area contributed by atoms with E-state index in [1.165, 1.54) is 16.3 Å². The topological polar surface area (TPSA) is 13.1 Å². The van der Waals surface area contributed by atoms with Crippen molar-refractivity contribution in [3.8, 4) is 0 Å². The average Bonchev–Trinajstić information content (AvgIpc) is 2.75. The van der Waals surface area contributed by atoms with E-state index < -0.39 is 0 Å². The lowest BCUT2D eigenvalue weighted by Crippen LogP contribution is -1.86. The van der Waals surface area contributed by atoms with Crippen LogP contribution in [0, 0.1) is 0 Å². The number of alkyl halides is 1. The first-order valence-corrected chi connectivity index (χ1v) is 6.76. The molecule has 2 aromatic carbocycles. The summed E-state index contributed by atoms with van der Waals surface area (Å²) in [6.07, 6.45) is 1.08. The zero-order chi connectivity index (χ0) is 11.8. The van der Waals surface area contributed by atoms with Crippen LogP contribution in [0.3, 0.4) is 0 Å². The number of hydrogen-bond acceptors (Lipinski definition) is 1. The van der Waals surface area contributed by atoms with Crippen molar-refractivity contribution in [2.75, 3.05) is 0 Å². The lowest BCUT2D eigenvalue weighted by atomic mass is 10.1. The lowest BCUT2D eigenvalue weighted by molar-refractivity contribution is 0.668. The van der Waals surface area contributed by atoms with Gasteiger partial charge in [0.05, 0.1) is 0 Å². The zero-order valence-corrected chi connectivity index (χ0v) is 11.2. The van der Waals surface area contributed by atoms with E-state index in [0.29, 0.717) is 4.83 Å². The Morgan fingerprint density at radius 2 is 1.82 bits per heavy atom. The van der Waals surface area contributed by atoms with E-state index in [-0.39, 0.29) is 0 Å². The van der Waals surface area contributed by atoms with Crippen LogP contribution in [0.5, 0.6) is 0 Å². The fourth-order valence-corrected chi connectivity index (χ4v) is 2.46. The van der Waals surface area contributed by atoms with E-state index in [1.54, 1.807) is 0 Å². The molecule has 0 saturated carbocycles. The smallest absolute Gasteiger partial charge is 0.135 e. The highest BCUT2D eigenvalue weighted by atomic mass is 79.9. The van der Waals surface area contributed by atoms with Crippen molar-refractivity contribution in [2.24, 2.45) is 0 Å². The monoisotopic (exact) mass is 288 g/mol. The van der Waals surface area contributed by atoms with Crippen molar-refractivity contribution in [1.82, 2.24) is 0 Å². The highest BCUT2D eigenvalue weighted by molar-refractivity contribution is 9.09. The number of para-hydroxylation sites is 1. The molecule has 0 N–H and O–H groups in total. The molecule has 0 fully saturated rings. The van der Waals surface area contributed by atoms with E-state index in [4.69, 9.17) is 4.42 Å². The summed E-state index contributed by atoms with van der Waals surface area (Å²) >= 11 is 3.69. The average molecular weight is 289 g/mol. The molecule has 0 aliphatic carbocycles. The maximum absolute atomic E-state index is 5.81. The van der Waals surface area contributed by atoms with Gasteiger partial charge >= 0.3 is 0 Å². The summed E-state index contributed by atoms with van der Waals surface area (Å²) in [6, 6.07) is 14.6. The molecule has 1 heterocycles. The van der Waals surface area contributed by atoms with Gasteiger partial charge in [0.15, 0.2) is 0 Å². The van der Waals surface area contributed by atoms with E-state index in [1.807, 2.05) is 12.1 Å². The van der Waals surface area contributed by atoms with E-state index in [2.05, 4.69) is 53.2 Å². The molecular formula is C15H13BrO. The third-order valence-corrected chi connectivity index (χ3v) is 4.30. The third kappa shape index (κ3) is 1.77. The first kappa shape index (κ1) is 10.8. The Morgan fingerprint density at radius 3 is 2.65 bits per heavy atom. The van der Waals surface area contributed by atoms with Gasteiger partial charge in [0.1, 0.15) is 11.2 Å². The summed E-state index contributed by atoms with van der Waals surface area (Å²) in [6.45, 7) is 2.18. The van der Waals surface area contributed by atoms with Gasteiger partial charge in [0.25, 0.3) is 0 Å². The molecule has 17 heavy (non-hydrogen) atoms. The van der Waals surface area contributed by atoms with Crippen LogP contribution in [0.4, 0.5) is 0 Å². The van der Waals surface area contributed by atoms with Crippen molar-refractivity contribution < 1.29 is 4.42 Å². The van der Waals surface area contributed by atoms with Crippen molar-refractivity contribution in [3.63, 3.8) is 0 Å². The van der Waals surface area contributed by atoms with Gasteiger partial charge in [-0.15, -0.1) is 0 Å². The fraction of sp³-hybridized carbons (Fsp3) is 0.200. The van der Waals surface area contributed by atoms with Crippen LogP contribution in [0.2, 0.25) is 0 Å². The summed E-state index contributed by atoms with van der Waals surface area (Å²) in [5.41, 5.74) is 3.24. The highest BCUT2D eigenvalue weighted by Gasteiger charge is 2.10. The molecule has 86 valence electrons. The number of hydrogen-bond donors (Lipinski definition) is 0. The minimum absolute atomic E-state index is 0.417. The van der Waals surface area contributed by atoms with Crippen LogP contribution in [0.25, 0.3) is 21.9 Å². The van der Waals surface area contributed by atoms with Gasteiger partial charge in [0, 0.05) is 15.6 Å². The molecular weight excluding hydrogens is 276 g/mol. The molecule has 1 aromatic heterocycles. The summed E-state index contributed by atoms with van der Waals surface area (Å²) < 4.78 is 5.81. The molecule has 0 aliphatic rings. The maximum atomic E-state index is 5.81. The van der Waals surface area contributed by atoms with E-state index in [9.17, 15) is 0 Å². The molecule has 0 aliphatic heterocycles. The molecule has 1 nitrogen and oxygen atoms in total. The lowest BCUT2D eigenvalue weighted by Gasteiger charge is -2.06. The van der Waals surface area contributed by atoms with Gasteiger partial charge in [-0.1, -0.05) is 47.1 Å². The minimum Gasteiger partial charge on any atom is -0.456 e. The van der Waals surface area contributed by atoms with Gasteiger partial charge in [-0.2, -0.15) is 0 Å². The molecule has 3 aromatic rings. The first-order valence-electron chi connectivity index (χ1n) is 5.85. The van der Waals surface area contributed by atoms with Gasteiger partial charge in [-0.05, 0) is 30.2 Å². The molecule has 0 radical (unpaired) electrons. The Kier molecular flexibility index (Phi) is 2.67. The number of halogens is 1. The third-order valence-electron chi connectivity index (χ3n) is 3.12. The molecule has 0 amide bonds. The van der Waals surface area contributed by atoms with Crippen molar-refractivity contribution in [3.05, 3.63) is 48.0 Å². The normalized spacial score (nSPS) is 13.3. The molecule has 2 heteroatoms. The summed E-state index contributed by atoms with van der Waals surface area (Å²) in [4.78, 5) is 0.417. The summed E-state index contributed by atoms with van der Waals surface area (Å²) in [7, 11) is 0. The van der Waals surface area contributed by atoms with Gasteiger partial charge in [-0.3, -0.25) is 0 Å². The van der Waals surface area contributed by atoms with Gasteiger partial charge in [0.2, 0.25) is 0 Å². The number of benzene rings is 2. The highest BCUT2D eigenvalue weighted by Crippen LogP contribution is 2.33. The predicted molar refractivity (Wildman–Crippen MR) is 75.7 cm³/mol. The van der Waals surface area contributed by atoms with Crippen molar-refractivity contribution >= 4 is 37.9 Å².